The van der Waals surface area contributed by atoms with Crippen molar-refractivity contribution in [1.29, 1.82) is 5.41 Å². The number of aryl methyl sites for hydroxylation is 1. The topological polar surface area (TPSA) is 105 Å². The van der Waals surface area contributed by atoms with Crippen molar-refractivity contribution >= 4 is 11.7 Å². The minimum Gasteiger partial charge on any atom is -0.481 e. The molecule has 2 rings (SSSR count). The molecular weight excluding hydrogens is 256 g/mol. The highest BCUT2D eigenvalue weighted by molar-refractivity contribution is 5.66. The minimum absolute atomic E-state index is 0.0661. The maximum atomic E-state index is 10.5. The van der Waals surface area contributed by atoms with Crippen LogP contribution in [-0.4, -0.2) is 20.9 Å². The van der Waals surface area contributed by atoms with Crippen LogP contribution in [0.2, 0.25) is 0 Å². The van der Waals surface area contributed by atoms with Gasteiger partial charge >= 0.3 is 5.97 Å². The highest BCUT2D eigenvalue weighted by Gasteiger charge is 2.03. The number of carboxylic acids is 1. The average Bonchev–Trinajstić information content (AvgIpc) is 2.40. The van der Waals surface area contributed by atoms with Gasteiger partial charge in [-0.25, -0.2) is 4.68 Å². The molecule has 0 aliphatic carbocycles. The predicted octanol–water partition coefficient (Wildman–Crippen LogP) is 1.48. The van der Waals surface area contributed by atoms with E-state index in [1.54, 1.807) is 18.2 Å². The van der Waals surface area contributed by atoms with Crippen LogP contribution < -0.4 is 11.2 Å². The number of hydrogen-bond donors (Lipinski definition) is 3. The Morgan fingerprint density at radius 1 is 1.35 bits per heavy atom. The Hall–Kier alpha value is -2.63. The van der Waals surface area contributed by atoms with Crippen molar-refractivity contribution in [3.8, 4) is 11.3 Å². The molecule has 0 aliphatic heterocycles. The maximum absolute atomic E-state index is 10.5. The molecule has 0 saturated carbocycles. The van der Waals surface area contributed by atoms with E-state index in [0.29, 0.717) is 24.3 Å². The van der Waals surface area contributed by atoms with Crippen LogP contribution in [-0.2, 0) is 11.3 Å². The Bertz CT molecular complexity index is 679. The van der Waals surface area contributed by atoms with Crippen molar-refractivity contribution in [2.75, 3.05) is 5.73 Å². The van der Waals surface area contributed by atoms with Crippen molar-refractivity contribution < 1.29 is 9.90 Å². The van der Waals surface area contributed by atoms with E-state index in [2.05, 4.69) is 5.10 Å². The number of rotatable bonds is 5. The Labute approximate surface area is 116 Å². The van der Waals surface area contributed by atoms with Crippen molar-refractivity contribution in [3.63, 3.8) is 0 Å². The fourth-order valence-corrected chi connectivity index (χ4v) is 1.86. The van der Waals surface area contributed by atoms with Crippen LogP contribution in [0, 0.1) is 5.41 Å². The molecule has 0 fully saturated rings. The van der Waals surface area contributed by atoms with E-state index < -0.39 is 5.97 Å². The van der Waals surface area contributed by atoms with Crippen LogP contribution in [0.1, 0.15) is 12.8 Å². The van der Waals surface area contributed by atoms with Gasteiger partial charge in [-0.15, -0.1) is 0 Å². The number of carboxylic acid groups (broad SMARTS) is 1. The van der Waals surface area contributed by atoms with E-state index >= 15 is 0 Å². The molecule has 1 aromatic heterocycles. The molecule has 2 aromatic rings. The van der Waals surface area contributed by atoms with E-state index in [-0.39, 0.29) is 11.9 Å². The zero-order valence-corrected chi connectivity index (χ0v) is 10.9. The molecule has 1 aromatic carbocycles. The Kier molecular flexibility index (Phi) is 4.14. The molecule has 1 heterocycles. The third-order valence-corrected chi connectivity index (χ3v) is 2.85. The molecular formula is C14H16N4O2. The summed E-state index contributed by atoms with van der Waals surface area (Å²) in [6.07, 6.45) is 0.510. The van der Waals surface area contributed by atoms with Gasteiger partial charge in [0.1, 0.15) is 5.49 Å². The number of hydrogen-bond acceptors (Lipinski definition) is 4. The van der Waals surface area contributed by atoms with Gasteiger partial charge in [0.15, 0.2) is 0 Å². The van der Waals surface area contributed by atoms with Gasteiger partial charge in [-0.05, 0) is 30.7 Å². The molecule has 6 heteroatoms. The number of anilines is 1. The number of benzene rings is 1. The summed E-state index contributed by atoms with van der Waals surface area (Å²) < 4.78 is 1.50. The summed E-state index contributed by atoms with van der Waals surface area (Å²) in [7, 11) is 0. The lowest BCUT2D eigenvalue weighted by molar-refractivity contribution is -0.137. The smallest absolute Gasteiger partial charge is 0.303 e. The molecule has 20 heavy (non-hydrogen) atoms. The molecule has 0 bridgehead atoms. The van der Waals surface area contributed by atoms with E-state index in [9.17, 15) is 4.79 Å². The Balaban J connectivity index is 2.24. The van der Waals surface area contributed by atoms with Gasteiger partial charge in [0.2, 0.25) is 0 Å². The predicted molar refractivity (Wildman–Crippen MR) is 74.8 cm³/mol. The summed E-state index contributed by atoms with van der Waals surface area (Å²) in [5.74, 6) is -0.843. The standard InChI is InChI=1S/C14H16N4O2/c15-11-4-1-3-10(9-11)12-6-7-13(16)18(17-12)8-2-5-14(19)20/h1,3-4,6-7,9,16H,2,5,8,15H2,(H,19,20). The highest BCUT2D eigenvalue weighted by atomic mass is 16.4. The first kappa shape index (κ1) is 13.8. The molecule has 104 valence electrons. The monoisotopic (exact) mass is 272 g/mol. The lowest BCUT2D eigenvalue weighted by atomic mass is 10.1. The molecule has 0 aliphatic rings. The summed E-state index contributed by atoms with van der Waals surface area (Å²) in [5.41, 5.74) is 8.23. The van der Waals surface area contributed by atoms with E-state index in [4.69, 9.17) is 16.2 Å². The molecule has 0 saturated heterocycles. The number of aliphatic carboxylic acids is 1. The zero-order chi connectivity index (χ0) is 14.5. The molecule has 0 spiro atoms. The number of nitrogens with zero attached hydrogens (tertiary/aromatic N) is 2. The molecule has 4 N–H and O–H groups in total. The van der Waals surface area contributed by atoms with Crippen LogP contribution in [0.4, 0.5) is 5.69 Å². The van der Waals surface area contributed by atoms with Crippen LogP contribution in [0.5, 0.6) is 0 Å². The van der Waals surface area contributed by atoms with E-state index in [1.165, 1.54) is 4.68 Å². The van der Waals surface area contributed by atoms with Gasteiger partial charge in [0, 0.05) is 24.2 Å². The van der Waals surface area contributed by atoms with Crippen LogP contribution >= 0.6 is 0 Å². The molecule has 0 amide bonds. The number of aromatic nitrogens is 2. The SMILES string of the molecule is N=c1ccc(-c2cccc(N)c2)nn1CCCC(=O)O. The lowest BCUT2D eigenvalue weighted by Gasteiger charge is -2.08. The molecule has 6 nitrogen and oxygen atoms in total. The Morgan fingerprint density at radius 2 is 2.15 bits per heavy atom. The number of nitrogens with two attached hydrogens (primary N) is 1. The number of nitrogens with one attached hydrogen (secondary N) is 1. The highest BCUT2D eigenvalue weighted by Crippen LogP contribution is 2.17. The maximum Gasteiger partial charge on any atom is 0.303 e. The van der Waals surface area contributed by atoms with E-state index in [0.717, 1.165) is 5.56 Å². The second kappa shape index (κ2) is 6.01. The second-order valence-corrected chi connectivity index (χ2v) is 4.45. The summed E-state index contributed by atoms with van der Waals surface area (Å²) in [4.78, 5) is 10.5. The molecule has 0 atom stereocenters. The number of nitrogen functional groups attached to an aromatic ring is 1. The van der Waals surface area contributed by atoms with Crippen LogP contribution in [0.3, 0.4) is 0 Å². The van der Waals surface area contributed by atoms with Crippen molar-refractivity contribution in [2.24, 2.45) is 0 Å². The van der Waals surface area contributed by atoms with Crippen LogP contribution in [0.25, 0.3) is 11.3 Å². The van der Waals surface area contributed by atoms with Crippen molar-refractivity contribution in [3.05, 3.63) is 41.9 Å². The normalized spacial score (nSPS) is 10.4. The first-order valence-electron chi connectivity index (χ1n) is 6.27. The quantitative estimate of drug-likeness (QED) is 0.717. The fraction of sp³-hybridized carbons (Fsp3) is 0.214. The number of carbonyl (C=O) groups is 1. The van der Waals surface area contributed by atoms with Gasteiger partial charge < -0.3 is 10.8 Å². The Morgan fingerprint density at radius 3 is 2.85 bits per heavy atom. The summed E-state index contributed by atoms with van der Waals surface area (Å²) in [5, 5.41) is 20.8. The summed E-state index contributed by atoms with van der Waals surface area (Å²) in [6, 6.07) is 10.7. The zero-order valence-electron chi connectivity index (χ0n) is 10.9. The van der Waals surface area contributed by atoms with Gasteiger partial charge in [-0.3, -0.25) is 10.2 Å². The van der Waals surface area contributed by atoms with Crippen molar-refractivity contribution in [1.82, 2.24) is 9.78 Å². The van der Waals surface area contributed by atoms with Gasteiger partial charge in [-0.2, -0.15) is 5.10 Å². The van der Waals surface area contributed by atoms with E-state index in [1.807, 2.05) is 18.2 Å². The van der Waals surface area contributed by atoms with Gasteiger partial charge in [0.05, 0.1) is 5.69 Å². The third-order valence-electron chi connectivity index (χ3n) is 2.85. The average molecular weight is 272 g/mol. The minimum atomic E-state index is -0.843. The molecule has 0 unspecified atom stereocenters. The second-order valence-electron chi connectivity index (χ2n) is 4.45. The summed E-state index contributed by atoms with van der Waals surface area (Å²) in [6.45, 7) is 0.404. The molecule has 0 radical (unpaired) electrons. The van der Waals surface area contributed by atoms with Crippen molar-refractivity contribution in [2.45, 2.75) is 19.4 Å². The fourth-order valence-electron chi connectivity index (χ4n) is 1.86. The lowest BCUT2D eigenvalue weighted by Crippen LogP contribution is -2.22. The first-order chi connectivity index (χ1) is 9.56. The first-order valence-corrected chi connectivity index (χ1v) is 6.27. The van der Waals surface area contributed by atoms with Gasteiger partial charge in [-0.1, -0.05) is 12.1 Å². The third kappa shape index (κ3) is 3.44. The van der Waals surface area contributed by atoms with Crippen LogP contribution in [0.15, 0.2) is 36.4 Å². The van der Waals surface area contributed by atoms with Gasteiger partial charge in [0.25, 0.3) is 0 Å². The summed E-state index contributed by atoms with van der Waals surface area (Å²) >= 11 is 0. The largest absolute Gasteiger partial charge is 0.481 e.